The smallest absolute Gasteiger partial charge is 0.103 e. The minimum atomic E-state index is 0.161. The van der Waals surface area contributed by atoms with E-state index in [0.717, 1.165) is 12.2 Å². The summed E-state index contributed by atoms with van der Waals surface area (Å²) in [6, 6.07) is 16.8. The van der Waals surface area contributed by atoms with Crippen molar-refractivity contribution in [1.82, 2.24) is 0 Å². The monoisotopic (exact) mass is 249 g/mol. The van der Waals surface area contributed by atoms with Crippen LogP contribution in [0, 0.1) is 0 Å². The number of benzene rings is 2. The Morgan fingerprint density at radius 3 is 2.63 bits per heavy atom. The van der Waals surface area contributed by atoms with Gasteiger partial charge in [0.2, 0.25) is 0 Å². The fourth-order valence-electron chi connectivity index (χ4n) is 2.93. The second kappa shape index (κ2) is 4.25. The molecule has 4 rings (SSSR count). The predicted molar refractivity (Wildman–Crippen MR) is 75.9 cm³/mol. The van der Waals surface area contributed by atoms with Crippen molar-refractivity contribution in [2.75, 3.05) is 5.32 Å². The molecule has 1 N–H and O–H groups in total. The average molecular weight is 249 g/mol. The SMILES string of the molecule is C1=CC2OC1c1cccc(CNc3ccccc3)c12. The molecule has 0 amide bonds. The Bertz CT molecular complexity index is 633. The van der Waals surface area contributed by atoms with Crippen molar-refractivity contribution in [3.63, 3.8) is 0 Å². The van der Waals surface area contributed by atoms with E-state index in [9.17, 15) is 0 Å². The highest BCUT2D eigenvalue weighted by atomic mass is 16.5. The van der Waals surface area contributed by atoms with Gasteiger partial charge in [-0.1, -0.05) is 48.6 Å². The van der Waals surface area contributed by atoms with Crippen molar-refractivity contribution < 1.29 is 4.74 Å². The Balaban J connectivity index is 1.61. The van der Waals surface area contributed by atoms with E-state index in [2.05, 4.69) is 47.8 Å². The van der Waals surface area contributed by atoms with Gasteiger partial charge in [0.1, 0.15) is 12.2 Å². The lowest BCUT2D eigenvalue weighted by Crippen LogP contribution is -2.05. The zero-order valence-corrected chi connectivity index (χ0v) is 10.5. The first-order valence-corrected chi connectivity index (χ1v) is 6.66. The Kier molecular flexibility index (Phi) is 2.42. The summed E-state index contributed by atoms with van der Waals surface area (Å²) in [6.45, 7) is 0.841. The molecular weight excluding hydrogens is 234 g/mol. The molecule has 2 aromatic rings. The third kappa shape index (κ3) is 1.76. The standard InChI is InChI=1S/C17H15NO/c1-2-6-13(7-3-1)18-11-12-5-4-8-14-15-9-10-16(19-15)17(12)14/h1-10,15-16,18H,11H2. The summed E-state index contributed by atoms with van der Waals surface area (Å²) >= 11 is 0. The summed E-state index contributed by atoms with van der Waals surface area (Å²) in [5, 5.41) is 3.47. The number of rotatable bonds is 3. The number of ether oxygens (including phenoxy) is 1. The molecule has 0 aromatic heterocycles. The van der Waals surface area contributed by atoms with Crippen molar-refractivity contribution >= 4 is 5.69 Å². The first-order valence-electron chi connectivity index (χ1n) is 6.66. The van der Waals surface area contributed by atoms with Gasteiger partial charge in [-0.25, -0.2) is 0 Å². The summed E-state index contributed by atoms with van der Waals surface area (Å²) in [7, 11) is 0. The molecule has 0 fully saturated rings. The van der Waals surface area contributed by atoms with Crippen LogP contribution >= 0.6 is 0 Å². The third-order valence-electron chi connectivity index (χ3n) is 3.83. The lowest BCUT2D eigenvalue weighted by Gasteiger charge is -2.14. The van der Waals surface area contributed by atoms with Crippen LogP contribution in [0.4, 0.5) is 5.69 Å². The zero-order valence-electron chi connectivity index (χ0n) is 10.5. The maximum absolute atomic E-state index is 5.90. The van der Waals surface area contributed by atoms with Crippen LogP contribution in [-0.4, -0.2) is 0 Å². The quantitative estimate of drug-likeness (QED) is 0.831. The summed E-state index contributed by atoms with van der Waals surface area (Å²) in [5.41, 5.74) is 5.18. The van der Waals surface area contributed by atoms with E-state index in [1.54, 1.807) is 0 Å². The van der Waals surface area contributed by atoms with Crippen LogP contribution in [0.2, 0.25) is 0 Å². The molecule has 2 aliphatic rings. The minimum Gasteiger partial charge on any atom is -0.381 e. The minimum absolute atomic E-state index is 0.161. The molecule has 2 nitrogen and oxygen atoms in total. The van der Waals surface area contributed by atoms with Crippen molar-refractivity contribution in [3.8, 4) is 0 Å². The van der Waals surface area contributed by atoms with Gasteiger partial charge in [0, 0.05) is 12.2 Å². The van der Waals surface area contributed by atoms with E-state index in [1.807, 2.05) is 18.2 Å². The van der Waals surface area contributed by atoms with E-state index in [-0.39, 0.29) is 12.2 Å². The normalized spacial score (nSPS) is 22.5. The summed E-state index contributed by atoms with van der Waals surface area (Å²) < 4.78 is 5.90. The summed E-state index contributed by atoms with van der Waals surface area (Å²) in [6.07, 6.45) is 4.66. The predicted octanol–water partition coefficient (Wildman–Crippen LogP) is 3.98. The number of para-hydroxylation sites is 1. The molecule has 2 heteroatoms. The highest BCUT2D eigenvalue weighted by molar-refractivity contribution is 5.50. The maximum Gasteiger partial charge on any atom is 0.103 e. The molecule has 94 valence electrons. The Morgan fingerprint density at radius 2 is 1.74 bits per heavy atom. The van der Waals surface area contributed by atoms with E-state index < -0.39 is 0 Å². The van der Waals surface area contributed by atoms with Gasteiger partial charge in [-0.3, -0.25) is 0 Å². The van der Waals surface area contributed by atoms with Crippen LogP contribution in [0.1, 0.15) is 28.9 Å². The molecule has 2 unspecified atom stereocenters. The number of hydrogen-bond donors (Lipinski definition) is 1. The lowest BCUT2D eigenvalue weighted by molar-refractivity contribution is 0.0876. The molecule has 19 heavy (non-hydrogen) atoms. The molecule has 2 heterocycles. The second-order valence-corrected chi connectivity index (χ2v) is 5.00. The molecule has 0 aliphatic carbocycles. The van der Waals surface area contributed by atoms with Crippen molar-refractivity contribution in [2.24, 2.45) is 0 Å². The van der Waals surface area contributed by atoms with Crippen molar-refractivity contribution in [2.45, 2.75) is 18.8 Å². The van der Waals surface area contributed by atoms with Crippen LogP contribution < -0.4 is 5.32 Å². The molecule has 2 atom stereocenters. The summed E-state index contributed by atoms with van der Waals surface area (Å²) in [4.78, 5) is 0. The van der Waals surface area contributed by atoms with Crippen molar-refractivity contribution in [1.29, 1.82) is 0 Å². The lowest BCUT2D eigenvalue weighted by atomic mass is 9.92. The van der Waals surface area contributed by atoms with Gasteiger partial charge in [-0.15, -0.1) is 0 Å². The van der Waals surface area contributed by atoms with E-state index >= 15 is 0 Å². The van der Waals surface area contributed by atoms with Crippen molar-refractivity contribution in [3.05, 3.63) is 77.4 Å². The van der Waals surface area contributed by atoms with Gasteiger partial charge in [-0.2, -0.15) is 0 Å². The zero-order chi connectivity index (χ0) is 12.7. The molecule has 2 bridgehead atoms. The first-order chi connectivity index (χ1) is 9.42. The molecule has 2 aliphatic heterocycles. The third-order valence-corrected chi connectivity index (χ3v) is 3.83. The fraction of sp³-hybridized carbons (Fsp3) is 0.176. The molecule has 0 saturated heterocycles. The summed E-state index contributed by atoms with van der Waals surface area (Å²) in [5.74, 6) is 0. The molecule has 2 aromatic carbocycles. The molecular formula is C17H15NO. The Hall–Kier alpha value is -2.06. The van der Waals surface area contributed by atoms with E-state index in [4.69, 9.17) is 4.74 Å². The average Bonchev–Trinajstić information content (AvgIpc) is 3.08. The largest absolute Gasteiger partial charge is 0.381 e. The van der Waals surface area contributed by atoms with Gasteiger partial charge < -0.3 is 10.1 Å². The molecule has 0 saturated carbocycles. The second-order valence-electron chi connectivity index (χ2n) is 5.00. The highest BCUT2D eigenvalue weighted by Gasteiger charge is 2.34. The highest BCUT2D eigenvalue weighted by Crippen LogP contribution is 2.47. The number of nitrogens with one attached hydrogen (secondary N) is 1. The van der Waals surface area contributed by atoms with Gasteiger partial charge in [0.15, 0.2) is 0 Å². The van der Waals surface area contributed by atoms with Gasteiger partial charge >= 0.3 is 0 Å². The number of hydrogen-bond acceptors (Lipinski definition) is 2. The Morgan fingerprint density at radius 1 is 0.895 bits per heavy atom. The van der Waals surface area contributed by atoms with Gasteiger partial charge in [0.05, 0.1) is 0 Å². The van der Waals surface area contributed by atoms with Crippen LogP contribution in [0.3, 0.4) is 0 Å². The fourth-order valence-corrected chi connectivity index (χ4v) is 2.93. The van der Waals surface area contributed by atoms with E-state index in [1.165, 1.54) is 16.7 Å². The first kappa shape index (κ1) is 10.8. The maximum atomic E-state index is 5.90. The molecule has 0 spiro atoms. The van der Waals surface area contributed by atoms with Crippen LogP contribution in [0.5, 0.6) is 0 Å². The number of fused-ring (bicyclic) bond motifs is 5. The van der Waals surface area contributed by atoms with Crippen LogP contribution in [0.25, 0.3) is 0 Å². The van der Waals surface area contributed by atoms with Crippen LogP contribution in [-0.2, 0) is 11.3 Å². The Labute approximate surface area is 112 Å². The van der Waals surface area contributed by atoms with Gasteiger partial charge in [0.25, 0.3) is 0 Å². The topological polar surface area (TPSA) is 21.3 Å². The number of anilines is 1. The van der Waals surface area contributed by atoms with Gasteiger partial charge in [-0.05, 0) is 28.8 Å². The van der Waals surface area contributed by atoms with E-state index in [0.29, 0.717) is 0 Å². The van der Waals surface area contributed by atoms with Crippen LogP contribution in [0.15, 0.2) is 60.7 Å². The molecule has 0 radical (unpaired) electrons.